The zero-order valence-electron chi connectivity index (χ0n) is 21.6. The highest BCUT2D eigenvalue weighted by Gasteiger charge is 2.13. The molecular weight excluding hydrogens is 472 g/mol. The molecular formula is C30H40O5S. The Morgan fingerprint density at radius 1 is 0.694 bits per heavy atom. The molecule has 0 heterocycles. The first-order chi connectivity index (χ1) is 17.5. The molecule has 0 aliphatic rings. The zero-order chi connectivity index (χ0) is 26.3. The first-order valence-corrected chi connectivity index (χ1v) is 13.8. The van der Waals surface area contributed by atoms with Crippen molar-refractivity contribution in [2.75, 3.05) is 13.7 Å². The number of esters is 1. The predicted octanol–water partition coefficient (Wildman–Crippen LogP) is 7.33. The van der Waals surface area contributed by atoms with E-state index in [0.29, 0.717) is 12.8 Å². The van der Waals surface area contributed by atoms with Crippen LogP contribution >= 0.6 is 0 Å². The summed E-state index contributed by atoms with van der Waals surface area (Å²) in [6.45, 7) is 2.05. The van der Waals surface area contributed by atoms with Crippen LogP contribution in [0.1, 0.15) is 56.9 Å². The Hall–Kier alpha value is -2.96. The number of ether oxygens (including phenoxy) is 1. The van der Waals surface area contributed by atoms with E-state index >= 15 is 0 Å². The maximum Gasteiger partial charge on any atom is 0.305 e. The van der Waals surface area contributed by atoms with Gasteiger partial charge in [-0.25, -0.2) is 0 Å². The van der Waals surface area contributed by atoms with Crippen LogP contribution in [0.25, 0.3) is 0 Å². The van der Waals surface area contributed by atoms with Gasteiger partial charge in [0, 0.05) is 6.42 Å². The third kappa shape index (κ3) is 16.6. The van der Waals surface area contributed by atoms with Crippen LogP contribution in [0, 0.1) is 6.92 Å². The molecule has 0 radical (unpaired) electrons. The highest BCUT2D eigenvalue weighted by atomic mass is 32.2. The summed E-state index contributed by atoms with van der Waals surface area (Å²) < 4.78 is 33.8. The van der Waals surface area contributed by atoms with Crippen molar-refractivity contribution in [3.8, 4) is 0 Å². The number of rotatable bonds is 18. The Kier molecular flexibility index (Phi) is 17.5. The molecule has 1 aromatic rings. The minimum atomic E-state index is -3.68. The monoisotopic (exact) mass is 512 g/mol. The van der Waals surface area contributed by atoms with Crippen LogP contribution in [0.5, 0.6) is 0 Å². The van der Waals surface area contributed by atoms with Crippen LogP contribution in [0.15, 0.2) is 102 Å². The lowest BCUT2D eigenvalue weighted by Gasteiger charge is -2.04. The van der Waals surface area contributed by atoms with Crippen LogP contribution < -0.4 is 0 Å². The van der Waals surface area contributed by atoms with Gasteiger partial charge in [-0.05, 0) is 64.0 Å². The van der Waals surface area contributed by atoms with Crippen molar-refractivity contribution in [3.05, 3.63) is 103 Å². The van der Waals surface area contributed by atoms with Crippen LogP contribution in [0.3, 0.4) is 0 Å². The Bertz CT molecular complexity index is 1010. The SMILES string of the molecule is COC(=O)CC/C=C\C/C=C\C/C=C\C/C=C\C/C=C\C/C=C\CCOS(=O)(=O)c1ccc(C)cc1. The molecule has 0 aromatic heterocycles. The number of hydrogen-bond acceptors (Lipinski definition) is 5. The Labute approximate surface area is 217 Å². The van der Waals surface area contributed by atoms with Crippen molar-refractivity contribution >= 4 is 16.1 Å². The molecule has 5 nitrogen and oxygen atoms in total. The van der Waals surface area contributed by atoms with E-state index in [1.165, 1.54) is 7.11 Å². The van der Waals surface area contributed by atoms with Crippen LogP contribution in [-0.4, -0.2) is 28.1 Å². The van der Waals surface area contributed by atoms with Gasteiger partial charge in [0.2, 0.25) is 0 Å². The second-order valence-electron chi connectivity index (χ2n) is 8.00. The lowest BCUT2D eigenvalue weighted by atomic mass is 10.2. The van der Waals surface area contributed by atoms with E-state index in [1.54, 1.807) is 24.3 Å². The quantitative estimate of drug-likeness (QED) is 0.0891. The Morgan fingerprint density at radius 2 is 1.11 bits per heavy atom. The molecule has 0 aliphatic carbocycles. The lowest BCUT2D eigenvalue weighted by molar-refractivity contribution is -0.140. The first kappa shape index (κ1) is 31.1. The second kappa shape index (κ2) is 20.3. The molecule has 0 saturated heterocycles. The summed E-state index contributed by atoms with van der Waals surface area (Å²) in [5.41, 5.74) is 1.01. The fraction of sp³-hybridized carbons (Fsp3) is 0.367. The minimum absolute atomic E-state index is 0.137. The minimum Gasteiger partial charge on any atom is -0.469 e. The molecule has 0 atom stereocenters. The standard InChI is InChI=1S/C30H40O5S/c1-28-23-25-29(26-24-28)36(32,33)35-27-21-19-17-15-13-11-9-7-5-3-4-6-8-10-12-14-16-18-20-22-30(31)34-2/h4-7,10-13,16-19,23-26H,3,8-9,14-15,20-22,27H2,1-2H3/b6-4-,7-5-,12-10-,13-11-,18-16-,19-17-. The molecule has 0 unspecified atom stereocenters. The lowest BCUT2D eigenvalue weighted by Crippen LogP contribution is -2.07. The summed E-state index contributed by atoms with van der Waals surface area (Å²) in [7, 11) is -2.28. The Balaban J connectivity index is 2.03. The third-order valence-electron chi connectivity index (χ3n) is 4.94. The van der Waals surface area contributed by atoms with Gasteiger partial charge in [-0.3, -0.25) is 8.98 Å². The van der Waals surface area contributed by atoms with E-state index < -0.39 is 10.1 Å². The molecule has 1 rings (SSSR count). The van der Waals surface area contributed by atoms with Crippen LogP contribution in [-0.2, 0) is 23.8 Å². The molecule has 0 amide bonds. The molecule has 36 heavy (non-hydrogen) atoms. The van der Waals surface area contributed by atoms with E-state index in [4.69, 9.17) is 4.18 Å². The number of aryl methyl sites for hydroxylation is 1. The van der Waals surface area contributed by atoms with E-state index in [2.05, 4.69) is 59.4 Å². The van der Waals surface area contributed by atoms with Gasteiger partial charge in [0.15, 0.2) is 0 Å². The predicted molar refractivity (Wildman–Crippen MR) is 148 cm³/mol. The summed E-state index contributed by atoms with van der Waals surface area (Å²) in [5.74, 6) is -0.174. The zero-order valence-corrected chi connectivity index (χ0v) is 22.4. The van der Waals surface area contributed by atoms with Crippen LogP contribution in [0.2, 0.25) is 0 Å². The molecule has 6 heteroatoms. The van der Waals surface area contributed by atoms with Crippen molar-refractivity contribution < 1.29 is 22.1 Å². The molecule has 1 aromatic carbocycles. The van der Waals surface area contributed by atoms with Crippen molar-refractivity contribution in [1.29, 1.82) is 0 Å². The Morgan fingerprint density at radius 3 is 1.56 bits per heavy atom. The molecule has 0 N–H and O–H groups in total. The summed E-state index contributed by atoms with van der Waals surface area (Å²) in [6.07, 6.45) is 31.2. The molecule has 0 saturated carbocycles. The summed E-state index contributed by atoms with van der Waals surface area (Å²) in [5, 5.41) is 0. The van der Waals surface area contributed by atoms with Gasteiger partial charge < -0.3 is 4.74 Å². The molecule has 0 bridgehead atoms. The normalized spacial score (nSPS) is 12.9. The number of carbonyl (C=O) groups excluding carboxylic acids is 1. The third-order valence-corrected chi connectivity index (χ3v) is 6.26. The smallest absolute Gasteiger partial charge is 0.305 e. The van der Waals surface area contributed by atoms with E-state index in [1.807, 2.05) is 25.2 Å². The van der Waals surface area contributed by atoms with Gasteiger partial charge in [0.25, 0.3) is 10.1 Å². The number of allylic oxidation sites excluding steroid dienone is 11. The van der Waals surface area contributed by atoms with Gasteiger partial charge in [0.05, 0.1) is 18.6 Å². The maximum atomic E-state index is 12.1. The fourth-order valence-electron chi connectivity index (χ4n) is 2.89. The van der Waals surface area contributed by atoms with Gasteiger partial charge >= 0.3 is 5.97 Å². The van der Waals surface area contributed by atoms with Crippen molar-refractivity contribution in [1.82, 2.24) is 0 Å². The number of hydrogen-bond donors (Lipinski definition) is 0. The summed E-state index contributed by atoms with van der Waals surface area (Å²) in [4.78, 5) is 11.2. The average Bonchev–Trinajstić information content (AvgIpc) is 2.87. The van der Waals surface area contributed by atoms with Gasteiger partial charge in [-0.15, -0.1) is 0 Å². The molecule has 0 spiro atoms. The van der Waals surface area contributed by atoms with Crippen LogP contribution in [0.4, 0.5) is 0 Å². The molecule has 0 aliphatic heterocycles. The van der Waals surface area contributed by atoms with E-state index in [-0.39, 0.29) is 17.5 Å². The summed E-state index contributed by atoms with van der Waals surface area (Å²) >= 11 is 0. The van der Waals surface area contributed by atoms with E-state index in [0.717, 1.165) is 44.1 Å². The summed E-state index contributed by atoms with van der Waals surface area (Å²) in [6, 6.07) is 6.64. The fourth-order valence-corrected chi connectivity index (χ4v) is 3.81. The van der Waals surface area contributed by atoms with Crippen molar-refractivity contribution in [2.45, 2.75) is 63.2 Å². The average molecular weight is 513 g/mol. The second-order valence-corrected chi connectivity index (χ2v) is 9.61. The molecule has 196 valence electrons. The molecule has 0 fully saturated rings. The highest BCUT2D eigenvalue weighted by Crippen LogP contribution is 2.13. The number of methoxy groups -OCH3 is 1. The van der Waals surface area contributed by atoms with Gasteiger partial charge in [0.1, 0.15) is 0 Å². The maximum absolute atomic E-state index is 12.1. The van der Waals surface area contributed by atoms with E-state index in [9.17, 15) is 13.2 Å². The number of carbonyl (C=O) groups is 1. The van der Waals surface area contributed by atoms with Gasteiger partial charge in [-0.2, -0.15) is 8.42 Å². The topological polar surface area (TPSA) is 69.7 Å². The number of benzene rings is 1. The largest absolute Gasteiger partial charge is 0.469 e. The van der Waals surface area contributed by atoms with Crippen molar-refractivity contribution in [2.24, 2.45) is 0 Å². The van der Waals surface area contributed by atoms with Crippen molar-refractivity contribution in [3.63, 3.8) is 0 Å². The van der Waals surface area contributed by atoms with Gasteiger partial charge in [-0.1, -0.05) is 90.6 Å². The first-order valence-electron chi connectivity index (χ1n) is 12.4. The highest BCUT2D eigenvalue weighted by molar-refractivity contribution is 7.86.